The minimum absolute atomic E-state index is 0.266. The molecule has 3 heteroatoms. The molecule has 0 amide bonds. The lowest BCUT2D eigenvalue weighted by molar-refractivity contribution is -0.124. The van der Waals surface area contributed by atoms with E-state index in [-0.39, 0.29) is 5.92 Å². The summed E-state index contributed by atoms with van der Waals surface area (Å²) < 4.78 is 10.5. The predicted octanol–water partition coefficient (Wildman–Crippen LogP) is 3.40. The molecule has 0 aliphatic heterocycles. The molecular weight excluding hydrogens is 240 g/mol. The van der Waals surface area contributed by atoms with Gasteiger partial charge in [0.05, 0.1) is 14.2 Å². The van der Waals surface area contributed by atoms with E-state index in [4.69, 9.17) is 9.47 Å². The summed E-state index contributed by atoms with van der Waals surface area (Å²) in [5, 5.41) is 0. The van der Waals surface area contributed by atoms with Crippen molar-refractivity contribution in [3.8, 4) is 11.5 Å². The maximum absolute atomic E-state index is 11.8. The molecule has 0 heterocycles. The molecule has 0 bridgehead atoms. The zero-order valence-corrected chi connectivity index (χ0v) is 11.8. The van der Waals surface area contributed by atoms with E-state index in [1.807, 2.05) is 12.1 Å². The van der Waals surface area contributed by atoms with Crippen molar-refractivity contribution in [2.24, 2.45) is 5.92 Å². The van der Waals surface area contributed by atoms with Gasteiger partial charge in [0.25, 0.3) is 0 Å². The van der Waals surface area contributed by atoms with E-state index < -0.39 is 0 Å². The summed E-state index contributed by atoms with van der Waals surface area (Å²) in [4.78, 5) is 11.8. The van der Waals surface area contributed by atoms with Crippen LogP contribution in [0.5, 0.6) is 11.5 Å². The van der Waals surface area contributed by atoms with Crippen LogP contribution in [-0.2, 0) is 11.2 Å². The van der Waals surface area contributed by atoms with Crippen molar-refractivity contribution >= 4 is 5.78 Å². The number of rotatable bonds is 5. The number of carbonyl (C=O) groups excluding carboxylic acids is 1. The summed E-state index contributed by atoms with van der Waals surface area (Å²) in [6.07, 6.45) is 5.99. The summed E-state index contributed by atoms with van der Waals surface area (Å²) in [7, 11) is 3.28. The minimum atomic E-state index is 0.266. The molecule has 1 atom stereocenters. The molecule has 1 aromatic rings. The average Bonchev–Trinajstić information content (AvgIpc) is 2.46. The Kier molecular flexibility index (Phi) is 4.83. The largest absolute Gasteiger partial charge is 0.493 e. The summed E-state index contributed by atoms with van der Waals surface area (Å²) in [6, 6.07) is 5.98. The molecule has 0 saturated heterocycles. The number of hydrogen-bond acceptors (Lipinski definition) is 3. The van der Waals surface area contributed by atoms with Gasteiger partial charge in [0, 0.05) is 12.3 Å². The topological polar surface area (TPSA) is 35.5 Å². The summed E-state index contributed by atoms with van der Waals surface area (Å²) >= 11 is 0. The molecule has 1 aliphatic rings. The molecule has 0 N–H and O–H groups in total. The molecule has 104 valence electrons. The Balaban J connectivity index is 1.97. The van der Waals surface area contributed by atoms with Gasteiger partial charge in [-0.1, -0.05) is 12.5 Å². The van der Waals surface area contributed by atoms with E-state index in [1.165, 1.54) is 12.0 Å². The number of benzene rings is 1. The van der Waals surface area contributed by atoms with Gasteiger partial charge in [0.1, 0.15) is 5.78 Å². The SMILES string of the molecule is COc1ccc(CC[C@H]2CCCCC2=O)cc1OC. The van der Waals surface area contributed by atoms with E-state index in [0.717, 1.165) is 43.6 Å². The first-order valence-electron chi connectivity index (χ1n) is 6.98. The molecule has 0 spiro atoms. The molecule has 19 heavy (non-hydrogen) atoms. The average molecular weight is 262 g/mol. The van der Waals surface area contributed by atoms with E-state index in [1.54, 1.807) is 14.2 Å². The van der Waals surface area contributed by atoms with Crippen LogP contribution in [0.1, 0.15) is 37.7 Å². The third-order valence-electron chi connectivity index (χ3n) is 3.91. The minimum Gasteiger partial charge on any atom is -0.493 e. The van der Waals surface area contributed by atoms with E-state index >= 15 is 0 Å². The Hall–Kier alpha value is -1.51. The highest BCUT2D eigenvalue weighted by atomic mass is 16.5. The van der Waals surface area contributed by atoms with Crippen LogP contribution in [0.4, 0.5) is 0 Å². The third-order valence-corrected chi connectivity index (χ3v) is 3.91. The van der Waals surface area contributed by atoms with Crippen LogP contribution < -0.4 is 9.47 Å². The molecule has 1 aromatic carbocycles. The standard InChI is InChI=1S/C16H22O3/c1-18-15-10-8-12(11-16(15)19-2)7-9-13-5-3-4-6-14(13)17/h8,10-11,13H,3-7,9H2,1-2H3/t13-/m1/s1. The first-order valence-corrected chi connectivity index (χ1v) is 6.98. The van der Waals surface area contributed by atoms with Gasteiger partial charge in [-0.15, -0.1) is 0 Å². The van der Waals surface area contributed by atoms with E-state index in [2.05, 4.69) is 6.07 Å². The highest BCUT2D eigenvalue weighted by Crippen LogP contribution is 2.30. The van der Waals surface area contributed by atoms with Crippen LogP contribution in [0.2, 0.25) is 0 Å². The number of hydrogen-bond donors (Lipinski definition) is 0. The van der Waals surface area contributed by atoms with Crippen molar-refractivity contribution in [1.29, 1.82) is 0 Å². The van der Waals surface area contributed by atoms with Crippen molar-refractivity contribution in [1.82, 2.24) is 0 Å². The van der Waals surface area contributed by atoms with Gasteiger partial charge in [-0.3, -0.25) is 4.79 Å². The van der Waals surface area contributed by atoms with Gasteiger partial charge in [0.15, 0.2) is 11.5 Å². The van der Waals surface area contributed by atoms with Crippen LogP contribution in [0.25, 0.3) is 0 Å². The van der Waals surface area contributed by atoms with Crippen LogP contribution in [0, 0.1) is 5.92 Å². The first kappa shape index (κ1) is 13.9. The quantitative estimate of drug-likeness (QED) is 0.816. The monoisotopic (exact) mass is 262 g/mol. The van der Waals surface area contributed by atoms with Crippen LogP contribution in [0.3, 0.4) is 0 Å². The smallest absolute Gasteiger partial charge is 0.160 e. The van der Waals surface area contributed by atoms with Crippen molar-refractivity contribution in [3.05, 3.63) is 23.8 Å². The fraction of sp³-hybridized carbons (Fsp3) is 0.562. The van der Waals surface area contributed by atoms with Crippen molar-refractivity contribution < 1.29 is 14.3 Å². The Labute approximate surface area is 114 Å². The zero-order valence-electron chi connectivity index (χ0n) is 11.8. The van der Waals surface area contributed by atoms with Gasteiger partial charge in [-0.05, 0) is 43.4 Å². The Bertz CT molecular complexity index is 440. The molecule has 1 fully saturated rings. The van der Waals surface area contributed by atoms with Crippen molar-refractivity contribution in [3.63, 3.8) is 0 Å². The first-order chi connectivity index (χ1) is 9.24. The van der Waals surface area contributed by atoms with Gasteiger partial charge >= 0.3 is 0 Å². The fourth-order valence-electron chi connectivity index (χ4n) is 2.74. The molecule has 1 saturated carbocycles. The van der Waals surface area contributed by atoms with E-state index in [9.17, 15) is 4.79 Å². The second-order valence-corrected chi connectivity index (χ2v) is 5.14. The van der Waals surface area contributed by atoms with Gasteiger partial charge in [-0.2, -0.15) is 0 Å². The Morgan fingerprint density at radius 1 is 1.16 bits per heavy atom. The van der Waals surface area contributed by atoms with Crippen LogP contribution in [0.15, 0.2) is 18.2 Å². The van der Waals surface area contributed by atoms with Gasteiger partial charge < -0.3 is 9.47 Å². The van der Waals surface area contributed by atoms with Crippen LogP contribution in [-0.4, -0.2) is 20.0 Å². The molecule has 1 aliphatic carbocycles. The maximum Gasteiger partial charge on any atom is 0.160 e. The third kappa shape index (κ3) is 3.49. The molecule has 0 unspecified atom stereocenters. The number of aryl methyl sites for hydroxylation is 1. The fourth-order valence-corrected chi connectivity index (χ4v) is 2.74. The highest BCUT2D eigenvalue weighted by molar-refractivity contribution is 5.81. The normalized spacial score (nSPS) is 19.3. The van der Waals surface area contributed by atoms with Crippen molar-refractivity contribution in [2.45, 2.75) is 38.5 Å². The number of ether oxygens (including phenoxy) is 2. The number of ketones is 1. The lowest BCUT2D eigenvalue weighted by Gasteiger charge is -2.20. The lowest BCUT2D eigenvalue weighted by Crippen LogP contribution is -2.19. The zero-order chi connectivity index (χ0) is 13.7. The Morgan fingerprint density at radius 3 is 2.63 bits per heavy atom. The predicted molar refractivity (Wildman–Crippen MR) is 74.8 cm³/mol. The molecule has 2 rings (SSSR count). The second kappa shape index (κ2) is 6.60. The van der Waals surface area contributed by atoms with Gasteiger partial charge in [-0.25, -0.2) is 0 Å². The second-order valence-electron chi connectivity index (χ2n) is 5.14. The number of carbonyl (C=O) groups is 1. The molecule has 3 nitrogen and oxygen atoms in total. The van der Waals surface area contributed by atoms with Crippen LogP contribution >= 0.6 is 0 Å². The van der Waals surface area contributed by atoms with Crippen molar-refractivity contribution in [2.75, 3.05) is 14.2 Å². The lowest BCUT2D eigenvalue weighted by atomic mass is 9.84. The summed E-state index contributed by atoms with van der Waals surface area (Å²) in [5.74, 6) is 2.23. The van der Waals surface area contributed by atoms with E-state index in [0.29, 0.717) is 5.78 Å². The molecule has 0 aromatic heterocycles. The highest BCUT2D eigenvalue weighted by Gasteiger charge is 2.21. The van der Waals surface area contributed by atoms with Gasteiger partial charge in [0.2, 0.25) is 0 Å². The molecular formula is C16H22O3. The molecule has 0 radical (unpaired) electrons. The number of Topliss-reactive ketones (excluding diaryl/α,β-unsaturated/α-hetero) is 1. The summed E-state index contributed by atoms with van der Waals surface area (Å²) in [5.41, 5.74) is 1.20. The Morgan fingerprint density at radius 2 is 1.95 bits per heavy atom. The number of methoxy groups -OCH3 is 2. The maximum atomic E-state index is 11.8. The summed E-state index contributed by atoms with van der Waals surface area (Å²) in [6.45, 7) is 0.